The number of hydrogen-bond acceptors (Lipinski definition) is 2. The minimum atomic E-state index is 0.245. The Balaban J connectivity index is 2.73. The minimum absolute atomic E-state index is 0.245. The van der Waals surface area contributed by atoms with Crippen LogP contribution in [0.3, 0.4) is 0 Å². The van der Waals surface area contributed by atoms with Gasteiger partial charge in [-0.05, 0) is 19.4 Å². The molecule has 0 fully saturated rings. The summed E-state index contributed by atoms with van der Waals surface area (Å²) < 4.78 is 0. The lowest BCUT2D eigenvalue weighted by molar-refractivity contribution is 0.0658. The van der Waals surface area contributed by atoms with E-state index in [2.05, 4.69) is 43.6 Å². The Labute approximate surface area is 73.5 Å². The molecule has 0 spiro atoms. The molecular formula is C10H15NO. The molecule has 0 aliphatic rings. The van der Waals surface area contributed by atoms with Gasteiger partial charge in [0, 0.05) is 0 Å². The first-order valence-corrected chi connectivity index (χ1v) is 4.09. The Hall–Kier alpha value is -0.860. The molecule has 0 aliphatic carbocycles. The molecule has 0 heterocycles. The SMILES string of the molecule is CONC(C)c1cccc(C)c1. The fourth-order valence-corrected chi connectivity index (χ4v) is 1.18. The highest BCUT2D eigenvalue weighted by Gasteiger charge is 2.02. The van der Waals surface area contributed by atoms with Crippen molar-refractivity contribution in [3.63, 3.8) is 0 Å². The highest BCUT2D eigenvalue weighted by Crippen LogP contribution is 2.12. The molecule has 0 bridgehead atoms. The molecule has 0 amide bonds. The molecule has 1 N–H and O–H groups in total. The number of aryl methyl sites for hydroxylation is 1. The van der Waals surface area contributed by atoms with E-state index in [0.29, 0.717) is 0 Å². The molecular weight excluding hydrogens is 150 g/mol. The van der Waals surface area contributed by atoms with Crippen LogP contribution in [0.4, 0.5) is 0 Å². The van der Waals surface area contributed by atoms with Crippen molar-refractivity contribution in [3.05, 3.63) is 35.4 Å². The lowest BCUT2D eigenvalue weighted by atomic mass is 10.1. The van der Waals surface area contributed by atoms with Gasteiger partial charge in [0.2, 0.25) is 0 Å². The van der Waals surface area contributed by atoms with E-state index >= 15 is 0 Å². The van der Waals surface area contributed by atoms with Gasteiger partial charge in [0.15, 0.2) is 0 Å². The molecule has 1 unspecified atom stereocenters. The third-order valence-corrected chi connectivity index (χ3v) is 1.84. The van der Waals surface area contributed by atoms with E-state index in [1.807, 2.05) is 0 Å². The molecule has 1 aromatic carbocycles. The van der Waals surface area contributed by atoms with Gasteiger partial charge >= 0.3 is 0 Å². The second-order valence-electron chi connectivity index (χ2n) is 2.96. The Bertz CT molecular complexity index is 247. The zero-order valence-corrected chi connectivity index (χ0v) is 7.79. The summed E-state index contributed by atoms with van der Waals surface area (Å²) in [6, 6.07) is 8.62. The van der Waals surface area contributed by atoms with Gasteiger partial charge in [-0.25, -0.2) is 0 Å². The van der Waals surface area contributed by atoms with Crippen molar-refractivity contribution in [1.82, 2.24) is 5.48 Å². The quantitative estimate of drug-likeness (QED) is 0.693. The van der Waals surface area contributed by atoms with Gasteiger partial charge in [0.25, 0.3) is 0 Å². The first kappa shape index (κ1) is 9.23. The standard InChI is InChI=1S/C10H15NO/c1-8-5-4-6-10(7-8)9(2)11-12-3/h4-7,9,11H,1-3H3. The van der Waals surface area contributed by atoms with E-state index < -0.39 is 0 Å². The second kappa shape index (κ2) is 4.24. The monoisotopic (exact) mass is 165 g/mol. The zero-order valence-electron chi connectivity index (χ0n) is 7.79. The summed E-state index contributed by atoms with van der Waals surface area (Å²) in [7, 11) is 1.63. The van der Waals surface area contributed by atoms with Crippen LogP contribution in [0.1, 0.15) is 24.1 Å². The number of hydroxylamine groups is 1. The Morgan fingerprint density at radius 1 is 1.42 bits per heavy atom. The van der Waals surface area contributed by atoms with Crippen molar-refractivity contribution in [2.45, 2.75) is 19.9 Å². The maximum Gasteiger partial charge on any atom is 0.0572 e. The Morgan fingerprint density at radius 3 is 2.75 bits per heavy atom. The van der Waals surface area contributed by atoms with Crippen LogP contribution >= 0.6 is 0 Å². The minimum Gasteiger partial charge on any atom is -0.305 e. The highest BCUT2D eigenvalue weighted by atomic mass is 16.6. The van der Waals surface area contributed by atoms with E-state index in [9.17, 15) is 0 Å². The van der Waals surface area contributed by atoms with Gasteiger partial charge in [-0.2, -0.15) is 5.48 Å². The van der Waals surface area contributed by atoms with Crippen molar-refractivity contribution in [1.29, 1.82) is 0 Å². The van der Waals surface area contributed by atoms with Crippen molar-refractivity contribution >= 4 is 0 Å². The fourth-order valence-electron chi connectivity index (χ4n) is 1.18. The molecule has 1 aromatic rings. The molecule has 0 aromatic heterocycles. The van der Waals surface area contributed by atoms with Crippen LogP contribution in [0.15, 0.2) is 24.3 Å². The van der Waals surface area contributed by atoms with Crippen molar-refractivity contribution in [2.24, 2.45) is 0 Å². The van der Waals surface area contributed by atoms with Crippen LogP contribution in [0.2, 0.25) is 0 Å². The topological polar surface area (TPSA) is 21.3 Å². The van der Waals surface area contributed by atoms with E-state index in [-0.39, 0.29) is 6.04 Å². The normalized spacial score (nSPS) is 12.9. The summed E-state index contributed by atoms with van der Waals surface area (Å²) in [4.78, 5) is 4.85. The molecule has 0 aliphatic heterocycles. The van der Waals surface area contributed by atoms with Crippen molar-refractivity contribution in [2.75, 3.05) is 7.11 Å². The van der Waals surface area contributed by atoms with E-state index in [0.717, 1.165) is 0 Å². The summed E-state index contributed by atoms with van der Waals surface area (Å²) >= 11 is 0. The van der Waals surface area contributed by atoms with Crippen LogP contribution in [0.5, 0.6) is 0 Å². The summed E-state index contributed by atoms with van der Waals surface area (Å²) in [6.45, 7) is 4.15. The van der Waals surface area contributed by atoms with Gasteiger partial charge in [-0.1, -0.05) is 29.8 Å². The third-order valence-electron chi connectivity index (χ3n) is 1.84. The molecule has 0 saturated heterocycles. The second-order valence-corrected chi connectivity index (χ2v) is 2.96. The third kappa shape index (κ3) is 2.32. The lowest BCUT2D eigenvalue weighted by Gasteiger charge is -2.12. The van der Waals surface area contributed by atoms with Crippen molar-refractivity contribution in [3.8, 4) is 0 Å². The van der Waals surface area contributed by atoms with Crippen molar-refractivity contribution < 1.29 is 4.84 Å². The predicted octanol–water partition coefficient (Wildman–Crippen LogP) is 2.21. The zero-order chi connectivity index (χ0) is 8.97. The largest absolute Gasteiger partial charge is 0.305 e. The molecule has 0 saturated carbocycles. The average Bonchev–Trinajstić information content (AvgIpc) is 2.05. The highest BCUT2D eigenvalue weighted by molar-refractivity contribution is 5.24. The fraction of sp³-hybridized carbons (Fsp3) is 0.400. The molecule has 2 nitrogen and oxygen atoms in total. The number of benzene rings is 1. The Morgan fingerprint density at radius 2 is 2.17 bits per heavy atom. The maximum absolute atomic E-state index is 4.85. The molecule has 12 heavy (non-hydrogen) atoms. The smallest absolute Gasteiger partial charge is 0.0572 e. The van der Waals surface area contributed by atoms with E-state index in [1.54, 1.807) is 7.11 Å². The Kier molecular flexibility index (Phi) is 3.26. The van der Waals surface area contributed by atoms with Gasteiger partial charge in [0.05, 0.1) is 13.2 Å². The number of rotatable bonds is 3. The van der Waals surface area contributed by atoms with Crippen LogP contribution in [-0.2, 0) is 4.84 Å². The first-order chi connectivity index (χ1) is 5.74. The van der Waals surface area contributed by atoms with Crippen LogP contribution < -0.4 is 5.48 Å². The molecule has 1 rings (SSSR count). The van der Waals surface area contributed by atoms with E-state index in [1.165, 1.54) is 11.1 Å². The maximum atomic E-state index is 4.85. The van der Waals surface area contributed by atoms with Crippen LogP contribution in [-0.4, -0.2) is 7.11 Å². The first-order valence-electron chi connectivity index (χ1n) is 4.09. The summed E-state index contributed by atoms with van der Waals surface area (Å²) in [5.41, 5.74) is 5.41. The molecule has 0 radical (unpaired) electrons. The summed E-state index contributed by atoms with van der Waals surface area (Å²) in [5.74, 6) is 0. The van der Waals surface area contributed by atoms with Crippen LogP contribution in [0, 0.1) is 6.92 Å². The summed E-state index contributed by atoms with van der Waals surface area (Å²) in [6.07, 6.45) is 0. The van der Waals surface area contributed by atoms with E-state index in [4.69, 9.17) is 4.84 Å². The van der Waals surface area contributed by atoms with Gasteiger partial charge < -0.3 is 4.84 Å². The van der Waals surface area contributed by atoms with Gasteiger partial charge in [-0.3, -0.25) is 0 Å². The number of nitrogens with one attached hydrogen (secondary N) is 1. The molecule has 2 heteroatoms. The number of hydrogen-bond donors (Lipinski definition) is 1. The summed E-state index contributed by atoms with van der Waals surface area (Å²) in [5, 5.41) is 0. The average molecular weight is 165 g/mol. The predicted molar refractivity (Wildman–Crippen MR) is 49.7 cm³/mol. The van der Waals surface area contributed by atoms with Gasteiger partial charge in [0.1, 0.15) is 0 Å². The van der Waals surface area contributed by atoms with Gasteiger partial charge in [-0.15, -0.1) is 0 Å². The lowest BCUT2D eigenvalue weighted by Crippen LogP contribution is -2.16. The van der Waals surface area contributed by atoms with Crippen LogP contribution in [0.25, 0.3) is 0 Å². The molecule has 1 atom stereocenters. The molecule has 66 valence electrons.